The van der Waals surface area contributed by atoms with Gasteiger partial charge in [0.05, 0.1) is 17.5 Å². The molecule has 106 valence electrons. The third-order valence-electron chi connectivity index (χ3n) is 3.15. The van der Waals surface area contributed by atoms with Gasteiger partial charge in [-0.3, -0.25) is 4.79 Å². The molecule has 0 aliphatic heterocycles. The first-order chi connectivity index (χ1) is 9.04. The van der Waals surface area contributed by atoms with Crippen molar-refractivity contribution in [2.45, 2.75) is 13.3 Å². The lowest BCUT2D eigenvalue weighted by atomic mass is 10.0. The van der Waals surface area contributed by atoms with Gasteiger partial charge in [0.25, 0.3) is 0 Å². The number of ether oxygens (including phenoxy) is 1. The maximum Gasteiger partial charge on any atom is 0.231 e. The Balaban J connectivity index is 2.90. The van der Waals surface area contributed by atoms with Gasteiger partial charge >= 0.3 is 0 Å². The van der Waals surface area contributed by atoms with Crippen LogP contribution in [0.5, 0.6) is 5.75 Å². The summed E-state index contributed by atoms with van der Waals surface area (Å²) in [6.07, 6.45) is 0.821. The number of nitrogens with one attached hydrogen (secondary N) is 1. The minimum atomic E-state index is -0.00382. The predicted octanol–water partition coefficient (Wildman–Crippen LogP) is 2.67. The van der Waals surface area contributed by atoms with Crippen molar-refractivity contribution in [1.29, 1.82) is 0 Å². The zero-order valence-electron chi connectivity index (χ0n) is 11.9. The summed E-state index contributed by atoms with van der Waals surface area (Å²) in [7, 11) is 5.28. The number of nitrogens with zero attached hydrogens (tertiary/aromatic N) is 1. The SMILES string of the molecule is CCC(CNC)C(=O)N(C)c1ccc(OC)c(Br)c1. The third kappa shape index (κ3) is 3.94. The third-order valence-corrected chi connectivity index (χ3v) is 3.77. The van der Waals surface area contributed by atoms with E-state index in [1.54, 1.807) is 19.1 Å². The Morgan fingerprint density at radius 1 is 1.53 bits per heavy atom. The lowest BCUT2D eigenvalue weighted by molar-refractivity contribution is -0.122. The minimum absolute atomic E-state index is 0.00382. The van der Waals surface area contributed by atoms with Crippen LogP contribution in [0.4, 0.5) is 5.69 Å². The van der Waals surface area contributed by atoms with Gasteiger partial charge < -0.3 is 15.0 Å². The number of rotatable bonds is 6. The molecule has 1 rings (SSSR count). The van der Waals surface area contributed by atoms with Gasteiger partial charge in [-0.2, -0.15) is 0 Å². The van der Waals surface area contributed by atoms with Crippen LogP contribution >= 0.6 is 15.9 Å². The predicted molar refractivity (Wildman–Crippen MR) is 81.8 cm³/mol. The maximum atomic E-state index is 12.4. The van der Waals surface area contributed by atoms with Crippen molar-refractivity contribution in [3.05, 3.63) is 22.7 Å². The van der Waals surface area contributed by atoms with Crippen LogP contribution < -0.4 is 15.0 Å². The maximum absolute atomic E-state index is 12.4. The van der Waals surface area contributed by atoms with Gasteiger partial charge in [0.1, 0.15) is 5.75 Å². The molecule has 0 bridgehead atoms. The Morgan fingerprint density at radius 3 is 2.68 bits per heavy atom. The number of amides is 1. The molecule has 19 heavy (non-hydrogen) atoms. The lowest BCUT2D eigenvalue weighted by Gasteiger charge is -2.23. The summed E-state index contributed by atoms with van der Waals surface area (Å²) >= 11 is 3.43. The fraction of sp³-hybridized carbons (Fsp3) is 0.500. The molecule has 0 fully saturated rings. The number of hydrogen-bond donors (Lipinski definition) is 1. The summed E-state index contributed by atoms with van der Waals surface area (Å²) in [5, 5.41) is 3.06. The average Bonchev–Trinajstić information content (AvgIpc) is 2.43. The molecule has 5 heteroatoms. The van der Waals surface area contributed by atoms with E-state index in [4.69, 9.17) is 4.74 Å². The summed E-state index contributed by atoms with van der Waals surface area (Å²) in [4.78, 5) is 14.1. The molecule has 1 aromatic rings. The molecule has 1 unspecified atom stereocenters. The fourth-order valence-electron chi connectivity index (χ4n) is 1.92. The highest BCUT2D eigenvalue weighted by atomic mass is 79.9. The molecule has 4 nitrogen and oxygen atoms in total. The smallest absolute Gasteiger partial charge is 0.231 e. The van der Waals surface area contributed by atoms with E-state index in [0.717, 1.165) is 22.3 Å². The molecule has 1 amide bonds. The second kappa shape index (κ2) is 7.50. The van der Waals surface area contributed by atoms with Gasteiger partial charge in [-0.05, 0) is 47.6 Å². The van der Waals surface area contributed by atoms with Crippen molar-refractivity contribution < 1.29 is 9.53 Å². The molecule has 0 saturated heterocycles. The Morgan fingerprint density at radius 2 is 2.21 bits per heavy atom. The highest BCUT2D eigenvalue weighted by molar-refractivity contribution is 9.10. The number of halogens is 1. The highest BCUT2D eigenvalue weighted by Crippen LogP contribution is 2.29. The van der Waals surface area contributed by atoms with Gasteiger partial charge in [-0.25, -0.2) is 0 Å². The average molecular weight is 329 g/mol. The summed E-state index contributed by atoms with van der Waals surface area (Å²) in [5.41, 5.74) is 0.854. The summed E-state index contributed by atoms with van der Waals surface area (Å²) in [6, 6.07) is 5.62. The van der Waals surface area contributed by atoms with Gasteiger partial charge in [-0.1, -0.05) is 6.92 Å². The zero-order valence-corrected chi connectivity index (χ0v) is 13.5. The molecule has 0 saturated carbocycles. The van der Waals surface area contributed by atoms with E-state index in [-0.39, 0.29) is 11.8 Å². The van der Waals surface area contributed by atoms with Crippen LogP contribution in [0.15, 0.2) is 22.7 Å². The molecule has 1 N–H and O–H groups in total. The molecule has 0 heterocycles. The van der Waals surface area contributed by atoms with Gasteiger partial charge in [0.2, 0.25) is 5.91 Å². The van der Waals surface area contributed by atoms with E-state index < -0.39 is 0 Å². The van der Waals surface area contributed by atoms with Crippen molar-refractivity contribution in [3.63, 3.8) is 0 Å². The molecule has 0 aliphatic carbocycles. The van der Waals surface area contributed by atoms with E-state index in [2.05, 4.69) is 21.2 Å². The largest absolute Gasteiger partial charge is 0.496 e. The Hall–Kier alpha value is -1.07. The molecule has 0 radical (unpaired) electrons. The van der Waals surface area contributed by atoms with Crippen molar-refractivity contribution in [2.75, 3.05) is 32.6 Å². The molecule has 0 aliphatic rings. The minimum Gasteiger partial charge on any atom is -0.496 e. The Labute approximate surface area is 123 Å². The summed E-state index contributed by atoms with van der Waals surface area (Å²) in [6.45, 7) is 2.72. The molecule has 1 aromatic carbocycles. The number of carbonyl (C=O) groups excluding carboxylic acids is 1. The van der Waals surface area contributed by atoms with Crippen LogP contribution in [0.25, 0.3) is 0 Å². The van der Waals surface area contributed by atoms with Gasteiger partial charge in [0.15, 0.2) is 0 Å². The molecular weight excluding hydrogens is 308 g/mol. The van der Waals surface area contributed by atoms with Crippen LogP contribution in [0.2, 0.25) is 0 Å². The van der Waals surface area contributed by atoms with Crippen LogP contribution in [0.1, 0.15) is 13.3 Å². The topological polar surface area (TPSA) is 41.6 Å². The van der Waals surface area contributed by atoms with Crippen molar-refractivity contribution in [1.82, 2.24) is 5.32 Å². The number of anilines is 1. The highest BCUT2D eigenvalue weighted by Gasteiger charge is 2.21. The molecule has 0 aromatic heterocycles. The van der Waals surface area contributed by atoms with E-state index in [1.165, 1.54) is 0 Å². The normalized spacial score (nSPS) is 12.1. The summed E-state index contributed by atoms with van der Waals surface area (Å²) in [5.74, 6) is 0.872. The number of carbonyl (C=O) groups is 1. The number of hydrogen-bond acceptors (Lipinski definition) is 3. The number of methoxy groups -OCH3 is 1. The van der Waals surface area contributed by atoms with Crippen molar-refractivity contribution in [2.24, 2.45) is 5.92 Å². The van der Waals surface area contributed by atoms with Gasteiger partial charge in [0, 0.05) is 19.3 Å². The lowest BCUT2D eigenvalue weighted by Crippen LogP contribution is -2.37. The first kappa shape index (κ1) is 16.0. The first-order valence-corrected chi connectivity index (χ1v) is 7.10. The van der Waals surface area contributed by atoms with E-state index in [9.17, 15) is 4.79 Å². The van der Waals surface area contributed by atoms with Crippen LogP contribution in [-0.4, -0.2) is 33.7 Å². The molecule has 0 spiro atoms. The molecular formula is C14H21BrN2O2. The summed E-state index contributed by atoms with van der Waals surface area (Å²) < 4.78 is 6.03. The fourth-order valence-corrected chi connectivity index (χ4v) is 2.45. The van der Waals surface area contributed by atoms with E-state index in [1.807, 2.05) is 32.2 Å². The van der Waals surface area contributed by atoms with Crippen LogP contribution in [-0.2, 0) is 4.79 Å². The standard InChI is InChI=1S/C14H21BrN2O2/c1-5-10(9-16-2)14(18)17(3)11-6-7-13(19-4)12(15)8-11/h6-8,10,16H,5,9H2,1-4H3. The molecule has 1 atom stereocenters. The second-order valence-corrected chi connectivity index (χ2v) is 5.23. The van der Waals surface area contributed by atoms with Gasteiger partial charge in [-0.15, -0.1) is 0 Å². The zero-order chi connectivity index (χ0) is 14.4. The van der Waals surface area contributed by atoms with E-state index in [0.29, 0.717) is 6.54 Å². The Kier molecular flexibility index (Phi) is 6.31. The monoisotopic (exact) mass is 328 g/mol. The van der Waals surface area contributed by atoms with Crippen LogP contribution in [0.3, 0.4) is 0 Å². The number of benzene rings is 1. The van der Waals surface area contributed by atoms with Crippen LogP contribution in [0, 0.1) is 5.92 Å². The second-order valence-electron chi connectivity index (χ2n) is 4.38. The quantitative estimate of drug-likeness (QED) is 0.872. The Bertz CT molecular complexity index is 437. The van der Waals surface area contributed by atoms with Crippen molar-refractivity contribution >= 4 is 27.5 Å². The first-order valence-electron chi connectivity index (χ1n) is 6.30. The van der Waals surface area contributed by atoms with E-state index >= 15 is 0 Å². The van der Waals surface area contributed by atoms with Crippen molar-refractivity contribution in [3.8, 4) is 5.75 Å².